The minimum Gasteiger partial charge on any atom is -0.459 e. The van der Waals surface area contributed by atoms with Gasteiger partial charge in [-0.3, -0.25) is 4.79 Å². The van der Waals surface area contributed by atoms with Crippen molar-refractivity contribution in [2.75, 3.05) is 7.05 Å². The molecule has 3 rings (SSSR count). The first kappa shape index (κ1) is 16.2. The van der Waals surface area contributed by atoms with Crippen LogP contribution in [0.1, 0.15) is 26.0 Å². The Morgan fingerprint density at radius 3 is 2.65 bits per heavy atom. The van der Waals surface area contributed by atoms with Gasteiger partial charge in [-0.15, -0.1) is 22.7 Å². The Kier molecular flexibility index (Phi) is 4.57. The van der Waals surface area contributed by atoms with Crippen molar-refractivity contribution in [2.45, 2.75) is 20.4 Å². The molecule has 7 heteroatoms. The number of hydrogen-bond acceptors (Lipinski definition) is 5. The maximum absolute atomic E-state index is 12.7. The molecule has 0 N–H and O–H groups in total. The molecule has 3 aromatic heterocycles. The van der Waals surface area contributed by atoms with E-state index in [1.807, 2.05) is 38.1 Å². The Bertz CT molecular complexity index is 850. The quantitative estimate of drug-likeness (QED) is 0.652. The first-order chi connectivity index (χ1) is 10.9. The highest BCUT2D eigenvalue weighted by Crippen LogP contribution is 2.30. The van der Waals surface area contributed by atoms with Crippen LogP contribution in [0.25, 0.3) is 10.8 Å². The summed E-state index contributed by atoms with van der Waals surface area (Å²) in [7, 11) is 1.78. The highest BCUT2D eigenvalue weighted by atomic mass is 35.5. The van der Waals surface area contributed by atoms with Crippen LogP contribution in [0, 0.1) is 13.8 Å². The molecule has 0 aliphatic rings. The summed E-state index contributed by atoms with van der Waals surface area (Å²) in [6.07, 6.45) is 0. The van der Waals surface area contributed by atoms with Crippen LogP contribution in [0.5, 0.6) is 0 Å². The number of thiophene rings is 1. The maximum Gasteiger partial charge on any atom is 0.265 e. The molecule has 0 saturated heterocycles. The summed E-state index contributed by atoms with van der Waals surface area (Å²) in [4.78, 5) is 20.5. The summed E-state index contributed by atoms with van der Waals surface area (Å²) in [6.45, 7) is 4.26. The Balaban J connectivity index is 1.80. The second kappa shape index (κ2) is 6.47. The van der Waals surface area contributed by atoms with Crippen LogP contribution in [0.4, 0.5) is 0 Å². The predicted molar refractivity (Wildman–Crippen MR) is 94.4 cm³/mol. The number of hydrogen-bond donors (Lipinski definition) is 0. The molecule has 23 heavy (non-hydrogen) atoms. The molecule has 3 aromatic rings. The second-order valence-electron chi connectivity index (χ2n) is 5.21. The maximum atomic E-state index is 12.7. The molecule has 4 nitrogen and oxygen atoms in total. The van der Waals surface area contributed by atoms with Crippen LogP contribution in [-0.2, 0) is 6.54 Å². The van der Waals surface area contributed by atoms with E-state index in [0.717, 1.165) is 25.7 Å². The number of carbonyl (C=O) groups excluding carboxylic acids is 1. The van der Waals surface area contributed by atoms with Crippen molar-refractivity contribution in [1.29, 1.82) is 0 Å². The van der Waals surface area contributed by atoms with Gasteiger partial charge in [-0.05, 0) is 38.1 Å². The van der Waals surface area contributed by atoms with Crippen molar-refractivity contribution in [3.63, 3.8) is 0 Å². The van der Waals surface area contributed by atoms with Crippen molar-refractivity contribution in [3.8, 4) is 10.8 Å². The molecule has 3 heterocycles. The van der Waals surface area contributed by atoms with E-state index >= 15 is 0 Å². The molecule has 0 atom stereocenters. The minimum atomic E-state index is -0.0425. The van der Waals surface area contributed by atoms with Crippen molar-refractivity contribution in [3.05, 3.63) is 49.8 Å². The fourth-order valence-electron chi connectivity index (χ4n) is 2.17. The number of amides is 1. The van der Waals surface area contributed by atoms with Crippen LogP contribution in [0.15, 0.2) is 28.7 Å². The lowest BCUT2D eigenvalue weighted by molar-refractivity contribution is 0.0790. The molecule has 0 fully saturated rings. The number of carbonyl (C=O) groups is 1. The number of nitrogens with zero attached hydrogens (tertiary/aromatic N) is 2. The number of aromatic nitrogens is 1. The molecule has 0 aromatic carbocycles. The fourth-order valence-corrected chi connectivity index (χ4v) is 4.33. The molecule has 0 saturated carbocycles. The first-order valence-electron chi connectivity index (χ1n) is 6.98. The summed E-state index contributed by atoms with van der Waals surface area (Å²) in [5.41, 5.74) is 0.722. The monoisotopic (exact) mass is 366 g/mol. The second-order valence-corrected chi connectivity index (χ2v) is 8.01. The van der Waals surface area contributed by atoms with E-state index < -0.39 is 0 Å². The molecular weight excluding hydrogens is 352 g/mol. The van der Waals surface area contributed by atoms with Crippen LogP contribution in [0.2, 0.25) is 4.34 Å². The van der Waals surface area contributed by atoms with E-state index in [0.29, 0.717) is 17.2 Å². The summed E-state index contributed by atoms with van der Waals surface area (Å²) >= 11 is 8.78. The zero-order valence-corrected chi connectivity index (χ0v) is 15.3. The molecule has 0 bridgehead atoms. The largest absolute Gasteiger partial charge is 0.459 e. The standard InChI is InChI=1S/C16H15ClN2O2S2/c1-9-4-6-12(21-9)15-18-10(2)14(23-15)16(20)19(3)8-11-5-7-13(17)22-11/h4-7H,8H2,1-3H3. The van der Waals surface area contributed by atoms with E-state index in [4.69, 9.17) is 16.0 Å². The molecule has 0 spiro atoms. The highest BCUT2D eigenvalue weighted by Gasteiger charge is 2.21. The summed E-state index contributed by atoms with van der Waals surface area (Å²) < 4.78 is 6.31. The Hall–Kier alpha value is -1.63. The lowest BCUT2D eigenvalue weighted by Gasteiger charge is -2.15. The minimum absolute atomic E-state index is 0.0425. The molecular formula is C16H15ClN2O2S2. The predicted octanol–water partition coefficient (Wildman–Crippen LogP) is 5.01. The van der Waals surface area contributed by atoms with E-state index in [-0.39, 0.29) is 5.91 Å². The van der Waals surface area contributed by atoms with E-state index in [1.165, 1.54) is 22.7 Å². The normalized spacial score (nSPS) is 11.0. The van der Waals surface area contributed by atoms with Gasteiger partial charge in [0.25, 0.3) is 5.91 Å². The van der Waals surface area contributed by atoms with Crippen LogP contribution >= 0.6 is 34.3 Å². The number of halogens is 1. The molecule has 0 aliphatic heterocycles. The summed E-state index contributed by atoms with van der Waals surface area (Å²) in [6, 6.07) is 7.54. The molecule has 1 amide bonds. The number of furan rings is 1. The van der Waals surface area contributed by atoms with Crippen molar-refractivity contribution >= 4 is 40.2 Å². The van der Waals surface area contributed by atoms with Gasteiger partial charge < -0.3 is 9.32 Å². The van der Waals surface area contributed by atoms with Crippen molar-refractivity contribution in [1.82, 2.24) is 9.88 Å². The Morgan fingerprint density at radius 2 is 2.04 bits per heavy atom. The van der Waals surface area contributed by atoms with Gasteiger partial charge in [0.2, 0.25) is 0 Å². The van der Waals surface area contributed by atoms with Crippen LogP contribution < -0.4 is 0 Å². The Morgan fingerprint density at radius 1 is 1.26 bits per heavy atom. The lowest BCUT2D eigenvalue weighted by atomic mass is 10.3. The van der Waals surface area contributed by atoms with Gasteiger partial charge >= 0.3 is 0 Å². The van der Waals surface area contributed by atoms with E-state index in [1.54, 1.807) is 11.9 Å². The fraction of sp³-hybridized carbons (Fsp3) is 0.250. The third-order valence-corrected chi connectivity index (χ3v) is 5.69. The average molecular weight is 367 g/mol. The summed E-state index contributed by atoms with van der Waals surface area (Å²) in [5.74, 6) is 1.48. The number of rotatable bonds is 4. The van der Waals surface area contributed by atoms with Crippen LogP contribution in [-0.4, -0.2) is 22.8 Å². The summed E-state index contributed by atoms with van der Waals surface area (Å²) in [5, 5.41) is 0.728. The lowest BCUT2D eigenvalue weighted by Crippen LogP contribution is -2.25. The van der Waals surface area contributed by atoms with Gasteiger partial charge in [-0.1, -0.05) is 11.6 Å². The van der Waals surface area contributed by atoms with Gasteiger partial charge in [0, 0.05) is 11.9 Å². The molecule has 120 valence electrons. The van der Waals surface area contributed by atoms with Gasteiger partial charge in [-0.2, -0.15) is 0 Å². The third-order valence-electron chi connectivity index (χ3n) is 3.31. The Labute approximate surface area is 147 Å². The molecule has 0 radical (unpaired) electrons. The van der Waals surface area contributed by atoms with E-state index in [2.05, 4.69) is 4.98 Å². The van der Waals surface area contributed by atoms with Crippen LogP contribution in [0.3, 0.4) is 0 Å². The smallest absolute Gasteiger partial charge is 0.265 e. The van der Waals surface area contributed by atoms with Crippen molar-refractivity contribution < 1.29 is 9.21 Å². The molecule has 0 aliphatic carbocycles. The number of aryl methyl sites for hydroxylation is 2. The van der Waals surface area contributed by atoms with Gasteiger partial charge in [0.15, 0.2) is 10.8 Å². The first-order valence-corrected chi connectivity index (χ1v) is 8.99. The average Bonchev–Trinajstić information content (AvgIpc) is 3.19. The van der Waals surface area contributed by atoms with Crippen molar-refractivity contribution in [2.24, 2.45) is 0 Å². The highest BCUT2D eigenvalue weighted by molar-refractivity contribution is 7.17. The SMILES string of the molecule is Cc1ccc(-c2nc(C)c(C(=O)N(C)Cc3ccc(Cl)s3)s2)o1. The van der Waals surface area contributed by atoms with Gasteiger partial charge in [-0.25, -0.2) is 4.98 Å². The molecule has 0 unspecified atom stereocenters. The topological polar surface area (TPSA) is 46.3 Å². The number of thiazole rings is 1. The zero-order chi connectivity index (χ0) is 16.6. The van der Waals surface area contributed by atoms with Gasteiger partial charge in [0.1, 0.15) is 10.6 Å². The van der Waals surface area contributed by atoms with E-state index in [9.17, 15) is 4.79 Å². The van der Waals surface area contributed by atoms with Gasteiger partial charge in [0.05, 0.1) is 16.6 Å². The zero-order valence-electron chi connectivity index (χ0n) is 12.9. The third kappa shape index (κ3) is 3.49.